The summed E-state index contributed by atoms with van der Waals surface area (Å²) in [5.41, 5.74) is 24.7. The standard InChI is InChI=1S/C84H142N2.2C7H7O.Pd/c1-5-9-13-17-20-23-26-28-30-32-34-35-36-37-38-39-40-41-43-44-46-48-50-52-55-58-62-70-78-71-65-66-73-80(78)84-82(75-64-60-57-53-25-22-19-15-11-7-3)81(83(86(84)85)79-72-67-69-77(76-79)68-61-16-12-8-4)74-63-59-56-54-51-49-47-45-42-33-31-29-27-24-21-18-14-10-6-2;2*8-6-7-4-2-1-3-5-7;/h63,65-67,69,71-74,76H,5-54,56-57,59-62,64,68,70,75H2,1-4H3;2*1-5H,6H2;/q;2*-1;+2. The molecule has 4 aromatic rings. The second-order valence-corrected chi connectivity index (χ2v) is 31.9. The number of rotatable bonds is 68. The van der Waals surface area contributed by atoms with E-state index in [1.54, 1.807) is 4.70 Å². The summed E-state index contributed by atoms with van der Waals surface area (Å²) in [6.07, 6.45) is 85.8. The van der Waals surface area contributed by atoms with Gasteiger partial charge in [0, 0.05) is 29.5 Å². The van der Waals surface area contributed by atoms with E-state index in [2.05, 4.69) is 100 Å². The van der Waals surface area contributed by atoms with Crippen molar-refractivity contribution >= 4 is 11.4 Å². The summed E-state index contributed by atoms with van der Waals surface area (Å²) in [5, 5.41) is 0. The normalized spacial score (nSPS) is 12.3. The summed E-state index contributed by atoms with van der Waals surface area (Å²) < 4.78 is 12.6. The molecule has 580 valence electrons. The molecule has 0 N–H and O–H groups in total. The van der Waals surface area contributed by atoms with Crippen molar-refractivity contribution in [2.45, 2.75) is 426 Å². The summed E-state index contributed by atoms with van der Waals surface area (Å²) in [6, 6.07) is 38.4. The van der Waals surface area contributed by atoms with Crippen molar-refractivity contribution in [1.82, 2.24) is 0 Å². The van der Waals surface area contributed by atoms with E-state index in [0.717, 1.165) is 61.9 Å². The summed E-state index contributed by atoms with van der Waals surface area (Å²) in [4.78, 5) is 0. The van der Waals surface area contributed by atoms with Crippen LogP contribution in [0.3, 0.4) is 0 Å². The van der Waals surface area contributed by atoms with Crippen molar-refractivity contribution in [3.8, 4) is 11.8 Å². The molecule has 5 rings (SSSR count). The van der Waals surface area contributed by atoms with Crippen molar-refractivity contribution < 1.29 is 30.3 Å². The molecule has 0 unspecified atom stereocenters. The van der Waals surface area contributed by atoms with Gasteiger partial charge in [-0.2, -0.15) is 0 Å². The van der Waals surface area contributed by atoms with E-state index in [9.17, 15) is 5.53 Å². The second-order valence-electron chi connectivity index (χ2n) is 30.7. The van der Waals surface area contributed by atoms with Crippen LogP contribution in [0, 0.1) is 11.8 Å². The SMILES string of the molecule is CCCCCCCCCCCCCCCCCCCC=CC1=C(c2cccc(CCCCCC)c2)[N+](=[N-])C(c2ccccc2CCC#CCCCCCCCCCCCCCCCCCCCCCCCCC)=C1CCCCCCCCCCCC.c1ccc(C[O][Pd][O]Cc2ccccc2)cc1. The van der Waals surface area contributed by atoms with E-state index in [1.165, 1.54) is 379 Å². The third-order valence-corrected chi connectivity index (χ3v) is 22.2. The molecular weight excluding hydrogens is 1340 g/mol. The molecule has 0 fully saturated rings. The topological polar surface area (TPSA) is 43.8 Å². The fourth-order valence-corrected chi connectivity index (χ4v) is 15.7. The molecular formula is C98H156N2O2Pd. The van der Waals surface area contributed by atoms with Crippen molar-refractivity contribution in [2.75, 3.05) is 0 Å². The molecule has 1 heterocycles. The number of hydrogen-bond acceptors (Lipinski definition) is 2. The Morgan fingerprint density at radius 2 is 0.680 bits per heavy atom. The van der Waals surface area contributed by atoms with E-state index in [0.29, 0.717) is 13.2 Å². The summed E-state index contributed by atoms with van der Waals surface area (Å²) in [7, 11) is 0. The van der Waals surface area contributed by atoms with Crippen LogP contribution in [-0.2, 0) is 51.7 Å². The van der Waals surface area contributed by atoms with Gasteiger partial charge in [-0.1, -0.05) is 391 Å². The van der Waals surface area contributed by atoms with E-state index >= 15 is 0 Å². The van der Waals surface area contributed by atoms with E-state index in [1.807, 2.05) is 60.7 Å². The van der Waals surface area contributed by atoms with Crippen LogP contribution in [0.15, 0.2) is 132 Å². The Bertz CT molecular complexity index is 2710. The number of aryl methyl sites for hydroxylation is 2. The maximum absolute atomic E-state index is 12.8. The number of benzene rings is 4. The van der Waals surface area contributed by atoms with Crippen LogP contribution >= 0.6 is 0 Å². The molecule has 1 aliphatic heterocycles. The van der Waals surface area contributed by atoms with Gasteiger partial charge >= 0.3 is 111 Å². The molecule has 0 spiro atoms. The minimum absolute atomic E-state index is 0.109. The predicted molar refractivity (Wildman–Crippen MR) is 448 cm³/mol. The van der Waals surface area contributed by atoms with E-state index in [4.69, 9.17) is 6.92 Å². The Morgan fingerprint density at radius 1 is 0.330 bits per heavy atom. The Labute approximate surface area is 646 Å². The first-order valence-electron chi connectivity index (χ1n) is 44.3. The number of unbranched alkanes of at least 4 members (excludes halogenated alkanes) is 52. The van der Waals surface area contributed by atoms with Crippen LogP contribution in [0.5, 0.6) is 0 Å². The molecule has 0 amide bonds. The summed E-state index contributed by atoms with van der Waals surface area (Å²) in [6.45, 7) is 10.5. The van der Waals surface area contributed by atoms with Crippen LogP contribution < -0.4 is 0 Å². The molecule has 0 saturated carbocycles. The quantitative estimate of drug-likeness (QED) is 0.0191. The van der Waals surface area contributed by atoms with Gasteiger partial charge in [0.25, 0.3) is 0 Å². The average molecular weight is 1500 g/mol. The molecule has 0 saturated heterocycles. The molecule has 0 aromatic heterocycles. The molecule has 4 nitrogen and oxygen atoms in total. The number of hydrogen-bond donors (Lipinski definition) is 0. The summed E-state index contributed by atoms with van der Waals surface area (Å²) >= 11 is -0.109. The molecule has 1 aliphatic rings. The molecule has 4 aromatic carbocycles. The number of nitrogens with zero attached hydrogens (tertiary/aromatic N) is 2. The van der Waals surface area contributed by atoms with Gasteiger partial charge in [-0.3, -0.25) is 0 Å². The first-order valence-corrected chi connectivity index (χ1v) is 45.6. The Hall–Kier alpha value is -4.16. The van der Waals surface area contributed by atoms with Gasteiger partial charge < -0.3 is 5.53 Å². The van der Waals surface area contributed by atoms with E-state index in [-0.39, 0.29) is 18.7 Å². The molecule has 0 aliphatic carbocycles. The zero-order valence-electron chi connectivity index (χ0n) is 67.4. The van der Waals surface area contributed by atoms with Crippen LogP contribution in [-0.4, -0.2) is 4.70 Å². The fraction of sp³-hybridized carbons (Fsp3) is 0.673. The minimum atomic E-state index is -0.109. The Kier molecular flexibility index (Phi) is 60.6. The first kappa shape index (κ1) is 91.2. The number of allylic oxidation sites excluding steroid dienone is 4. The monoisotopic (exact) mass is 1500 g/mol. The van der Waals surface area contributed by atoms with Gasteiger partial charge in [-0.05, 0) is 80.7 Å². The van der Waals surface area contributed by atoms with Gasteiger partial charge in [-0.25, -0.2) is 4.70 Å². The van der Waals surface area contributed by atoms with Crippen molar-refractivity contribution in [3.63, 3.8) is 0 Å². The van der Waals surface area contributed by atoms with Gasteiger partial charge in [0.15, 0.2) is 0 Å². The van der Waals surface area contributed by atoms with Gasteiger partial charge in [0.2, 0.25) is 11.4 Å². The van der Waals surface area contributed by atoms with Crippen LogP contribution in [0.1, 0.15) is 433 Å². The van der Waals surface area contributed by atoms with Crippen LogP contribution in [0.4, 0.5) is 0 Å². The van der Waals surface area contributed by atoms with Crippen LogP contribution in [0.25, 0.3) is 16.9 Å². The van der Waals surface area contributed by atoms with Crippen molar-refractivity contribution in [1.29, 1.82) is 0 Å². The maximum atomic E-state index is 12.8. The first-order chi connectivity index (χ1) is 51.1. The molecule has 0 atom stereocenters. The average Bonchev–Trinajstić information content (AvgIpc) is 1.61. The predicted octanol–water partition coefficient (Wildman–Crippen LogP) is 32.5. The fourth-order valence-electron chi connectivity index (χ4n) is 14.9. The zero-order valence-corrected chi connectivity index (χ0v) is 69.0. The third-order valence-electron chi connectivity index (χ3n) is 21.4. The summed E-state index contributed by atoms with van der Waals surface area (Å²) in [5.74, 6) is 7.18. The molecule has 0 radical (unpaired) electrons. The van der Waals surface area contributed by atoms with E-state index < -0.39 is 0 Å². The Balaban J connectivity index is 0.00000114. The van der Waals surface area contributed by atoms with Crippen molar-refractivity contribution in [2.24, 2.45) is 0 Å². The molecule has 5 heteroatoms. The van der Waals surface area contributed by atoms with Gasteiger partial charge in [-0.15, -0.1) is 11.8 Å². The Morgan fingerprint density at radius 3 is 1.12 bits per heavy atom. The van der Waals surface area contributed by atoms with Gasteiger partial charge in [0.1, 0.15) is 0 Å². The molecule has 0 bridgehead atoms. The zero-order chi connectivity index (χ0) is 72.9. The molecule has 103 heavy (non-hydrogen) atoms. The van der Waals surface area contributed by atoms with Crippen molar-refractivity contribution in [3.05, 3.63) is 171 Å². The third kappa shape index (κ3) is 48.0. The second kappa shape index (κ2) is 68.4. The van der Waals surface area contributed by atoms with Gasteiger partial charge in [0.05, 0.1) is 5.57 Å². The van der Waals surface area contributed by atoms with Crippen LogP contribution in [0.2, 0.25) is 0 Å².